The van der Waals surface area contributed by atoms with E-state index in [0.29, 0.717) is 6.42 Å². The van der Waals surface area contributed by atoms with Crippen molar-refractivity contribution in [2.75, 3.05) is 0 Å². The lowest BCUT2D eigenvalue weighted by Crippen LogP contribution is -2.27. The summed E-state index contributed by atoms with van der Waals surface area (Å²) in [5.74, 6) is 0.191. The van der Waals surface area contributed by atoms with Crippen molar-refractivity contribution < 1.29 is 4.79 Å². The van der Waals surface area contributed by atoms with E-state index in [9.17, 15) is 4.79 Å². The maximum Gasteiger partial charge on any atom is 0.165 e. The molecule has 0 aliphatic heterocycles. The summed E-state index contributed by atoms with van der Waals surface area (Å²) < 4.78 is 0. The Morgan fingerprint density at radius 3 is 2.74 bits per heavy atom. The van der Waals surface area contributed by atoms with Gasteiger partial charge < -0.3 is 0 Å². The van der Waals surface area contributed by atoms with E-state index in [1.54, 1.807) is 6.20 Å². The van der Waals surface area contributed by atoms with Crippen LogP contribution in [0, 0.1) is 5.41 Å². The van der Waals surface area contributed by atoms with Crippen LogP contribution in [0.3, 0.4) is 0 Å². The smallest absolute Gasteiger partial charge is 0.165 e. The van der Waals surface area contributed by atoms with Gasteiger partial charge >= 0.3 is 0 Å². The van der Waals surface area contributed by atoms with Crippen molar-refractivity contribution in [3.8, 4) is 11.3 Å². The minimum atomic E-state index is 0.0175. The Balaban J connectivity index is 2.06. The van der Waals surface area contributed by atoms with Crippen molar-refractivity contribution >= 4 is 5.78 Å². The molecule has 0 spiro atoms. The number of carbonyl (C=O) groups excluding carboxylic acids is 1. The summed E-state index contributed by atoms with van der Waals surface area (Å²) in [6, 6.07) is 7.68. The average Bonchev–Trinajstić information content (AvgIpc) is 2.38. The molecule has 0 aromatic carbocycles. The van der Waals surface area contributed by atoms with Crippen LogP contribution in [0.2, 0.25) is 0 Å². The molecule has 0 amide bonds. The molecule has 0 N–H and O–H groups in total. The van der Waals surface area contributed by atoms with Crippen molar-refractivity contribution in [2.45, 2.75) is 26.7 Å². The number of fused-ring (bicyclic) bond motifs is 1. The topological polar surface area (TPSA) is 42.9 Å². The van der Waals surface area contributed by atoms with E-state index in [1.165, 1.54) is 0 Å². The molecule has 3 nitrogen and oxygen atoms in total. The van der Waals surface area contributed by atoms with Crippen LogP contribution in [0.5, 0.6) is 0 Å². The van der Waals surface area contributed by atoms with Gasteiger partial charge in [0.1, 0.15) is 0 Å². The second-order valence-electron chi connectivity index (χ2n) is 5.87. The maximum absolute atomic E-state index is 12.2. The molecule has 19 heavy (non-hydrogen) atoms. The van der Waals surface area contributed by atoms with Gasteiger partial charge in [-0.2, -0.15) is 0 Å². The molecule has 2 heterocycles. The van der Waals surface area contributed by atoms with Crippen LogP contribution < -0.4 is 0 Å². The fourth-order valence-corrected chi connectivity index (χ4v) is 2.59. The van der Waals surface area contributed by atoms with Gasteiger partial charge in [0, 0.05) is 29.9 Å². The highest BCUT2D eigenvalue weighted by atomic mass is 16.1. The molecule has 0 atom stereocenters. The Morgan fingerprint density at radius 2 is 2.00 bits per heavy atom. The Labute approximate surface area is 112 Å². The zero-order valence-corrected chi connectivity index (χ0v) is 11.2. The van der Waals surface area contributed by atoms with Crippen molar-refractivity contribution in [3.63, 3.8) is 0 Å². The van der Waals surface area contributed by atoms with Gasteiger partial charge in [-0.1, -0.05) is 19.9 Å². The SMILES string of the molecule is CC1(C)CC(=O)c2cc(-c3ccccn3)cnc2C1. The molecule has 1 aliphatic rings. The van der Waals surface area contributed by atoms with E-state index in [-0.39, 0.29) is 11.2 Å². The number of pyridine rings is 2. The van der Waals surface area contributed by atoms with Crippen molar-refractivity contribution in [1.29, 1.82) is 0 Å². The van der Waals surface area contributed by atoms with Crippen LogP contribution >= 0.6 is 0 Å². The molecule has 96 valence electrons. The van der Waals surface area contributed by atoms with E-state index in [4.69, 9.17) is 0 Å². The number of carbonyl (C=O) groups is 1. The van der Waals surface area contributed by atoms with Crippen molar-refractivity contribution in [1.82, 2.24) is 9.97 Å². The fourth-order valence-electron chi connectivity index (χ4n) is 2.59. The second-order valence-corrected chi connectivity index (χ2v) is 5.87. The van der Waals surface area contributed by atoms with Gasteiger partial charge in [0.25, 0.3) is 0 Å². The van der Waals surface area contributed by atoms with E-state index in [1.807, 2.05) is 30.5 Å². The summed E-state index contributed by atoms with van der Waals surface area (Å²) in [6.07, 6.45) is 5.01. The van der Waals surface area contributed by atoms with Crippen LogP contribution in [0.15, 0.2) is 36.7 Å². The maximum atomic E-state index is 12.2. The Hall–Kier alpha value is -2.03. The van der Waals surface area contributed by atoms with Crippen LogP contribution in [0.4, 0.5) is 0 Å². The minimum Gasteiger partial charge on any atom is -0.294 e. The first-order valence-corrected chi connectivity index (χ1v) is 6.49. The van der Waals surface area contributed by atoms with Gasteiger partial charge in [-0.3, -0.25) is 14.8 Å². The molecule has 1 aliphatic carbocycles. The molecule has 3 heteroatoms. The molecule has 0 saturated carbocycles. The number of hydrogen-bond acceptors (Lipinski definition) is 3. The van der Waals surface area contributed by atoms with Gasteiger partial charge in [-0.15, -0.1) is 0 Å². The summed E-state index contributed by atoms with van der Waals surface area (Å²) in [7, 11) is 0. The third-order valence-electron chi connectivity index (χ3n) is 3.52. The molecule has 0 saturated heterocycles. The summed E-state index contributed by atoms with van der Waals surface area (Å²) >= 11 is 0. The Morgan fingerprint density at radius 1 is 1.16 bits per heavy atom. The summed E-state index contributed by atoms with van der Waals surface area (Å²) in [5, 5.41) is 0. The summed E-state index contributed by atoms with van der Waals surface area (Å²) in [4.78, 5) is 21.0. The van der Waals surface area contributed by atoms with E-state index in [2.05, 4.69) is 23.8 Å². The first-order chi connectivity index (χ1) is 9.05. The predicted molar refractivity (Wildman–Crippen MR) is 73.9 cm³/mol. The average molecular weight is 252 g/mol. The molecular formula is C16H16N2O. The van der Waals surface area contributed by atoms with Gasteiger partial charge in [0.2, 0.25) is 0 Å². The number of aromatic nitrogens is 2. The predicted octanol–water partition coefficient (Wildman–Crippen LogP) is 3.30. The Kier molecular flexibility index (Phi) is 2.70. The molecule has 0 fully saturated rings. The number of Topliss-reactive ketones (excluding diaryl/α,β-unsaturated/α-hetero) is 1. The van der Waals surface area contributed by atoms with Crippen LogP contribution in [-0.2, 0) is 6.42 Å². The summed E-state index contributed by atoms with van der Waals surface area (Å²) in [6.45, 7) is 4.23. The van der Waals surface area contributed by atoms with E-state index >= 15 is 0 Å². The molecule has 3 rings (SSSR count). The number of rotatable bonds is 1. The molecule has 2 aromatic heterocycles. The van der Waals surface area contributed by atoms with Gasteiger partial charge in [-0.25, -0.2) is 0 Å². The molecule has 0 bridgehead atoms. The lowest BCUT2D eigenvalue weighted by atomic mass is 9.75. The van der Waals surface area contributed by atoms with Crippen molar-refractivity contribution in [3.05, 3.63) is 47.9 Å². The van der Waals surface area contributed by atoms with Gasteiger partial charge in [0.05, 0.1) is 11.4 Å². The van der Waals surface area contributed by atoms with Crippen molar-refractivity contribution in [2.24, 2.45) is 5.41 Å². The highest BCUT2D eigenvalue weighted by Crippen LogP contribution is 2.34. The first kappa shape index (κ1) is 12.0. The molecule has 2 aromatic rings. The fraction of sp³-hybridized carbons (Fsp3) is 0.312. The highest BCUT2D eigenvalue weighted by molar-refractivity contribution is 5.99. The standard InChI is InChI=1S/C16H16N2O/c1-16(2)8-14-12(15(19)9-16)7-11(10-18-14)13-5-3-4-6-17-13/h3-7,10H,8-9H2,1-2H3. The van der Waals surface area contributed by atoms with Crippen LogP contribution in [0.1, 0.15) is 36.3 Å². The Bertz CT molecular complexity index is 632. The third-order valence-corrected chi connectivity index (χ3v) is 3.52. The number of ketones is 1. The monoisotopic (exact) mass is 252 g/mol. The van der Waals surface area contributed by atoms with Crippen LogP contribution in [0.25, 0.3) is 11.3 Å². The summed E-state index contributed by atoms with van der Waals surface area (Å²) in [5.41, 5.74) is 3.47. The number of nitrogens with zero attached hydrogens (tertiary/aromatic N) is 2. The zero-order chi connectivity index (χ0) is 13.5. The largest absolute Gasteiger partial charge is 0.294 e. The minimum absolute atomic E-state index is 0.0175. The number of hydrogen-bond donors (Lipinski definition) is 0. The molecular weight excluding hydrogens is 236 g/mol. The normalized spacial score (nSPS) is 17.1. The lowest BCUT2D eigenvalue weighted by Gasteiger charge is -2.29. The highest BCUT2D eigenvalue weighted by Gasteiger charge is 2.31. The quantitative estimate of drug-likeness (QED) is 0.782. The van der Waals surface area contributed by atoms with Gasteiger partial charge in [0.15, 0.2) is 5.78 Å². The van der Waals surface area contributed by atoms with E-state index in [0.717, 1.165) is 28.9 Å². The van der Waals surface area contributed by atoms with Crippen LogP contribution in [-0.4, -0.2) is 15.8 Å². The second kappa shape index (κ2) is 4.26. The zero-order valence-electron chi connectivity index (χ0n) is 11.2. The molecule has 0 radical (unpaired) electrons. The first-order valence-electron chi connectivity index (χ1n) is 6.49. The van der Waals surface area contributed by atoms with E-state index < -0.39 is 0 Å². The molecule has 0 unspecified atom stereocenters. The van der Waals surface area contributed by atoms with Gasteiger partial charge in [-0.05, 0) is 30.0 Å². The lowest BCUT2D eigenvalue weighted by molar-refractivity contribution is 0.0910. The third kappa shape index (κ3) is 2.28.